The van der Waals surface area contributed by atoms with Gasteiger partial charge in [0, 0.05) is 5.41 Å². The number of carbonyl (C=O) groups excluding carboxylic acids is 2. The number of Topliss-reactive ketones (excluding diaryl/α,β-unsaturated/α-hetero) is 1. The monoisotopic (exact) mass is 215 g/mol. The van der Waals surface area contributed by atoms with Crippen LogP contribution >= 0.6 is 0 Å². The van der Waals surface area contributed by atoms with Gasteiger partial charge in [-0.05, 0) is 5.92 Å². The molecule has 2 N–H and O–H groups in total. The van der Waals surface area contributed by atoms with Crippen molar-refractivity contribution >= 4 is 11.7 Å². The van der Waals surface area contributed by atoms with Crippen LogP contribution in [-0.4, -0.2) is 29.4 Å². The predicted octanol–water partition coefficient (Wildman–Crippen LogP) is 0.735. The second-order valence-electron chi connectivity index (χ2n) is 5.06. The molecule has 88 valence electrons. The average Bonchev–Trinajstić information content (AvgIpc) is 2.10. The van der Waals surface area contributed by atoms with E-state index in [0.29, 0.717) is 0 Å². The van der Waals surface area contributed by atoms with Crippen LogP contribution in [0.2, 0.25) is 0 Å². The quantitative estimate of drug-likeness (QED) is 0.726. The first kappa shape index (κ1) is 14.1. The lowest BCUT2D eigenvalue weighted by atomic mass is 9.82. The second kappa shape index (κ2) is 5.26. The summed E-state index contributed by atoms with van der Waals surface area (Å²) in [5, 5.41) is 11.2. The maximum atomic E-state index is 12.0. The molecule has 4 nitrogen and oxygen atoms in total. The van der Waals surface area contributed by atoms with Crippen molar-refractivity contribution in [1.29, 1.82) is 0 Å². The van der Waals surface area contributed by atoms with Gasteiger partial charge in [-0.2, -0.15) is 0 Å². The van der Waals surface area contributed by atoms with Gasteiger partial charge in [0.15, 0.2) is 5.78 Å². The molecule has 0 radical (unpaired) electrons. The minimum Gasteiger partial charge on any atom is -0.387 e. The summed E-state index contributed by atoms with van der Waals surface area (Å²) >= 11 is 0. The Bertz CT molecular complexity index is 241. The van der Waals surface area contributed by atoms with Crippen molar-refractivity contribution in [3.8, 4) is 0 Å². The lowest BCUT2D eigenvalue weighted by Gasteiger charge is -2.27. The molecule has 0 spiro atoms. The second-order valence-corrected chi connectivity index (χ2v) is 5.06. The molecule has 0 aromatic rings. The van der Waals surface area contributed by atoms with Crippen molar-refractivity contribution in [3.05, 3.63) is 0 Å². The van der Waals surface area contributed by atoms with Crippen molar-refractivity contribution in [3.63, 3.8) is 0 Å². The number of amides is 1. The van der Waals surface area contributed by atoms with Crippen LogP contribution in [-0.2, 0) is 9.59 Å². The SMILES string of the molecule is CC(C)[C@@H](NC(=O)CO)C(=O)C(C)(C)C. The molecule has 15 heavy (non-hydrogen) atoms. The summed E-state index contributed by atoms with van der Waals surface area (Å²) in [5.74, 6) is -0.502. The minimum atomic E-state index is -0.583. The fourth-order valence-electron chi connectivity index (χ4n) is 1.22. The zero-order valence-corrected chi connectivity index (χ0v) is 10.1. The van der Waals surface area contributed by atoms with E-state index < -0.39 is 24.0 Å². The first-order valence-corrected chi connectivity index (χ1v) is 5.14. The van der Waals surface area contributed by atoms with Crippen molar-refractivity contribution < 1.29 is 14.7 Å². The molecule has 4 heteroatoms. The smallest absolute Gasteiger partial charge is 0.246 e. The summed E-state index contributed by atoms with van der Waals surface area (Å²) in [6.07, 6.45) is 0. The molecule has 0 unspecified atom stereocenters. The summed E-state index contributed by atoms with van der Waals surface area (Å²) in [4.78, 5) is 23.0. The third-order valence-electron chi connectivity index (χ3n) is 2.15. The van der Waals surface area contributed by atoms with Gasteiger partial charge >= 0.3 is 0 Å². The van der Waals surface area contributed by atoms with E-state index in [1.54, 1.807) is 0 Å². The van der Waals surface area contributed by atoms with Gasteiger partial charge in [0.25, 0.3) is 0 Å². The van der Waals surface area contributed by atoms with E-state index >= 15 is 0 Å². The Kier molecular flexibility index (Phi) is 4.94. The molecule has 0 saturated carbocycles. The maximum absolute atomic E-state index is 12.0. The summed E-state index contributed by atoms with van der Waals surface area (Å²) < 4.78 is 0. The summed E-state index contributed by atoms with van der Waals surface area (Å²) in [5.41, 5.74) is -0.488. The highest BCUT2D eigenvalue weighted by atomic mass is 16.3. The highest BCUT2D eigenvalue weighted by Crippen LogP contribution is 2.20. The molecule has 1 atom stereocenters. The van der Waals surface area contributed by atoms with Crippen LogP contribution in [0.3, 0.4) is 0 Å². The summed E-state index contributed by atoms with van der Waals surface area (Å²) in [6, 6.07) is -0.523. The number of ketones is 1. The highest BCUT2D eigenvalue weighted by Gasteiger charge is 2.32. The lowest BCUT2D eigenvalue weighted by molar-refractivity contribution is -0.134. The molecule has 0 saturated heterocycles. The van der Waals surface area contributed by atoms with Crippen LogP contribution in [0.25, 0.3) is 0 Å². The Morgan fingerprint density at radius 3 is 2.00 bits per heavy atom. The van der Waals surface area contributed by atoms with Crippen LogP contribution in [0.1, 0.15) is 34.6 Å². The zero-order chi connectivity index (χ0) is 12.2. The number of hydrogen-bond acceptors (Lipinski definition) is 3. The topological polar surface area (TPSA) is 66.4 Å². The number of aliphatic hydroxyl groups is 1. The normalized spacial score (nSPS) is 13.8. The molecule has 0 aromatic heterocycles. The van der Waals surface area contributed by atoms with Gasteiger partial charge in [0.1, 0.15) is 6.61 Å². The number of nitrogens with one attached hydrogen (secondary N) is 1. The molecule has 0 heterocycles. The Hall–Kier alpha value is -0.900. The molecule has 0 aromatic carbocycles. The van der Waals surface area contributed by atoms with Crippen LogP contribution < -0.4 is 5.32 Å². The number of carbonyl (C=O) groups is 2. The zero-order valence-electron chi connectivity index (χ0n) is 10.1. The van der Waals surface area contributed by atoms with Gasteiger partial charge in [-0.15, -0.1) is 0 Å². The Morgan fingerprint density at radius 2 is 1.73 bits per heavy atom. The van der Waals surface area contributed by atoms with Crippen LogP contribution in [0.15, 0.2) is 0 Å². The molecular formula is C11H21NO3. The molecule has 0 aliphatic carbocycles. The van der Waals surface area contributed by atoms with E-state index in [1.807, 2.05) is 34.6 Å². The van der Waals surface area contributed by atoms with Gasteiger partial charge < -0.3 is 10.4 Å². The molecule has 1 amide bonds. The van der Waals surface area contributed by atoms with Gasteiger partial charge in [0.05, 0.1) is 6.04 Å². The Labute approximate surface area is 91.1 Å². The van der Waals surface area contributed by atoms with Crippen molar-refractivity contribution in [1.82, 2.24) is 5.32 Å². The fourth-order valence-corrected chi connectivity index (χ4v) is 1.22. The minimum absolute atomic E-state index is 0.0145. The lowest BCUT2D eigenvalue weighted by Crippen LogP contribution is -2.49. The molecule has 0 aliphatic heterocycles. The van der Waals surface area contributed by atoms with Gasteiger partial charge in [0.2, 0.25) is 5.91 Å². The van der Waals surface area contributed by atoms with E-state index in [1.165, 1.54) is 0 Å². The number of rotatable bonds is 4. The third kappa shape index (κ3) is 4.42. The Morgan fingerprint density at radius 1 is 1.27 bits per heavy atom. The van der Waals surface area contributed by atoms with E-state index in [4.69, 9.17) is 5.11 Å². The first-order chi connectivity index (χ1) is 6.70. The molecule has 0 bridgehead atoms. The van der Waals surface area contributed by atoms with E-state index in [-0.39, 0.29) is 11.7 Å². The largest absolute Gasteiger partial charge is 0.387 e. The van der Waals surface area contributed by atoms with E-state index in [2.05, 4.69) is 5.32 Å². The number of hydrogen-bond donors (Lipinski definition) is 2. The Balaban J connectivity index is 4.68. The average molecular weight is 215 g/mol. The standard InChI is InChI=1S/C11H21NO3/c1-7(2)9(12-8(14)6-13)10(15)11(3,4)5/h7,9,13H,6H2,1-5H3,(H,12,14)/t9-/m1/s1. The van der Waals surface area contributed by atoms with Crippen LogP contribution in [0.4, 0.5) is 0 Å². The maximum Gasteiger partial charge on any atom is 0.246 e. The third-order valence-corrected chi connectivity index (χ3v) is 2.15. The molecule has 0 aliphatic rings. The van der Waals surface area contributed by atoms with Crippen molar-refractivity contribution in [2.75, 3.05) is 6.61 Å². The summed E-state index contributed by atoms with van der Waals surface area (Å²) in [6.45, 7) is 8.60. The van der Waals surface area contributed by atoms with Crippen molar-refractivity contribution in [2.45, 2.75) is 40.7 Å². The molecular weight excluding hydrogens is 194 g/mol. The fraction of sp³-hybridized carbons (Fsp3) is 0.818. The summed E-state index contributed by atoms with van der Waals surface area (Å²) in [7, 11) is 0. The van der Waals surface area contributed by atoms with Crippen LogP contribution in [0.5, 0.6) is 0 Å². The first-order valence-electron chi connectivity index (χ1n) is 5.14. The van der Waals surface area contributed by atoms with E-state index in [0.717, 1.165) is 0 Å². The number of aliphatic hydroxyl groups excluding tert-OH is 1. The van der Waals surface area contributed by atoms with Crippen LogP contribution in [0, 0.1) is 11.3 Å². The van der Waals surface area contributed by atoms with Gasteiger partial charge in [-0.25, -0.2) is 0 Å². The van der Waals surface area contributed by atoms with Crippen molar-refractivity contribution in [2.24, 2.45) is 11.3 Å². The van der Waals surface area contributed by atoms with E-state index in [9.17, 15) is 9.59 Å². The predicted molar refractivity (Wildman–Crippen MR) is 58.3 cm³/mol. The highest BCUT2D eigenvalue weighted by molar-refractivity contribution is 5.92. The van der Waals surface area contributed by atoms with Gasteiger partial charge in [-0.3, -0.25) is 9.59 Å². The molecule has 0 rings (SSSR count). The van der Waals surface area contributed by atoms with Gasteiger partial charge in [-0.1, -0.05) is 34.6 Å². The molecule has 0 fully saturated rings.